The van der Waals surface area contributed by atoms with E-state index >= 15 is 4.39 Å². The Labute approximate surface area is 252 Å². The summed E-state index contributed by atoms with van der Waals surface area (Å²) in [5, 5.41) is 2.86. The molecule has 2 aliphatic carbocycles. The lowest BCUT2D eigenvalue weighted by molar-refractivity contribution is -0.159. The van der Waals surface area contributed by atoms with Crippen LogP contribution >= 0.6 is 0 Å². The van der Waals surface area contributed by atoms with E-state index in [1.807, 2.05) is 19.9 Å². The second-order valence-corrected chi connectivity index (χ2v) is 12.3. The molecule has 1 fully saturated rings. The van der Waals surface area contributed by atoms with Gasteiger partial charge < -0.3 is 28.5 Å². The van der Waals surface area contributed by atoms with Crippen molar-refractivity contribution in [1.82, 2.24) is 9.88 Å². The lowest BCUT2D eigenvalue weighted by atomic mass is 9.73. The number of ether oxygens (including phenoxy) is 2. The molecule has 3 aliphatic rings. The van der Waals surface area contributed by atoms with Gasteiger partial charge in [-0.3, -0.25) is 14.4 Å². The number of halogens is 1. The van der Waals surface area contributed by atoms with E-state index in [1.54, 1.807) is 12.1 Å². The van der Waals surface area contributed by atoms with E-state index in [-0.39, 0.29) is 54.7 Å². The average molecular weight is 608 g/mol. The van der Waals surface area contributed by atoms with Gasteiger partial charge in [-0.2, -0.15) is 0 Å². The largest absolute Gasteiger partial charge is 0.519 e. The van der Waals surface area contributed by atoms with E-state index in [1.165, 1.54) is 25.0 Å². The van der Waals surface area contributed by atoms with Gasteiger partial charge in [-0.15, -0.1) is 0 Å². The molecule has 0 radical (unpaired) electrons. The molecule has 3 heterocycles. The normalized spacial score (nSPS) is 21.6. The SMILES string of the molecule is COc1ccc2c(n1)CCN(C(=O)C1CC(C(=O)OCc3oc(=O)oc3C)C1)[C@H]2C(=O)Nc1cc(F)c2c(c1)CCC2(C)C. The van der Waals surface area contributed by atoms with Crippen LogP contribution in [0.15, 0.2) is 37.9 Å². The zero-order valence-electron chi connectivity index (χ0n) is 25.0. The highest BCUT2D eigenvalue weighted by atomic mass is 19.1. The maximum Gasteiger partial charge on any atom is 0.519 e. The topological polar surface area (TPSA) is 141 Å². The predicted octanol–water partition coefficient (Wildman–Crippen LogP) is 4.14. The Kier molecular flexibility index (Phi) is 7.54. The fourth-order valence-electron chi connectivity index (χ4n) is 6.58. The first-order valence-corrected chi connectivity index (χ1v) is 14.7. The third-order valence-electron chi connectivity index (χ3n) is 9.06. The van der Waals surface area contributed by atoms with Crippen LogP contribution < -0.4 is 15.9 Å². The van der Waals surface area contributed by atoms with E-state index < -0.39 is 35.6 Å². The van der Waals surface area contributed by atoms with Crippen LogP contribution in [-0.2, 0) is 44.0 Å². The highest BCUT2D eigenvalue weighted by Crippen LogP contribution is 2.42. The van der Waals surface area contributed by atoms with Crippen molar-refractivity contribution in [3.8, 4) is 5.88 Å². The number of benzene rings is 1. The van der Waals surface area contributed by atoms with Crippen LogP contribution in [0, 0.1) is 24.6 Å². The number of aromatic nitrogens is 1. The summed E-state index contributed by atoms with van der Waals surface area (Å²) >= 11 is 0. The highest BCUT2D eigenvalue weighted by molar-refractivity contribution is 5.99. The molecule has 12 heteroatoms. The van der Waals surface area contributed by atoms with E-state index in [9.17, 15) is 19.2 Å². The van der Waals surface area contributed by atoms with Crippen molar-refractivity contribution in [2.75, 3.05) is 19.0 Å². The van der Waals surface area contributed by atoms with Gasteiger partial charge in [-0.05, 0) is 67.3 Å². The second-order valence-electron chi connectivity index (χ2n) is 12.3. The Balaban J connectivity index is 1.18. The molecular formula is C32H34FN3O8. The third-order valence-corrected chi connectivity index (χ3v) is 9.06. The molecule has 44 heavy (non-hydrogen) atoms. The van der Waals surface area contributed by atoms with Crippen LogP contribution in [0.4, 0.5) is 10.1 Å². The molecule has 1 N–H and O–H groups in total. The van der Waals surface area contributed by atoms with Crippen molar-refractivity contribution in [3.63, 3.8) is 0 Å². The van der Waals surface area contributed by atoms with Gasteiger partial charge in [-0.1, -0.05) is 13.8 Å². The van der Waals surface area contributed by atoms with Crippen LogP contribution in [0.2, 0.25) is 0 Å². The van der Waals surface area contributed by atoms with Gasteiger partial charge in [0.05, 0.1) is 18.7 Å². The van der Waals surface area contributed by atoms with E-state index in [0.717, 1.165) is 12.0 Å². The first kappa shape index (κ1) is 29.6. The van der Waals surface area contributed by atoms with Crippen LogP contribution in [-0.4, -0.2) is 41.3 Å². The Morgan fingerprint density at radius 1 is 1.14 bits per heavy atom. The van der Waals surface area contributed by atoms with Gasteiger partial charge in [0.2, 0.25) is 11.8 Å². The molecule has 1 atom stereocenters. The zero-order chi connectivity index (χ0) is 31.3. The average Bonchev–Trinajstić information content (AvgIpc) is 3.45. The Morgan fingerprint density at radius 2 is 1.91 bits per heavy atom. The molecule has 3 aromatic rings. The van der Waals surface area contributed by atoms with Crippen molar-refractivity contribution in [2.24, 2.45) is 11.8 Å². The minimum absolute atomic E-state index is 0.133. The predicted molar refractivity (Wildman–Crippen MR) is 153 cm³/mol. The summed E-state index contributed by atoms with van der Waals surface area (Å²) < 4.78 is 35.4. The summed E-state index contributed by atoms with van der Waals surface area (Å²) in [6.45, 7) is 5.54. The lowest BCUT2D eigenvalue weighted by Gasteiger charge is -2.41. The monoisotopic (exact) mass is 607 g/mol. The molecule has 0 saturated heterocycles. The number of aryl methyl sites for hydroxylation is 2. The number of anilines is 1. The summed E-state index contributed by atoms with van der Waals surface area (Å²) in [5.74, 6) is -2.69. The first-order chi connectivity index (χ1) is 20.9. The highest BCUT2D eigenvalue weighted by Gasteiger charge is 2.46. The number of amides is 2. The molecule has 2 amide bonds. The van der Waals surface area contributed by atoms with Crippen molar-refractivity contribution in [3.05, 3.63) is 74.6 Å². The van der Waals surface area contributed by atoms with Gasteiger partial charge in [0.15, 0.2) is 18.1 Å². The number of methoxy groups -OCH3 is 1. The summed E-state index contributed by atoms with van der Waals surface area (Å²) in [6.07, 6.45) is 2.47. The van der Waals surface area contributed by atoms with Gasteiger partial charge in [0, 0.05) is 36.2 Å². The number of rotatable bonds is 7. The number of hydrogen-bond acceptors (Lipinski definition) is 9. The fraction of sp³-hybridized carbons (Fsp3) is 0.469. The van der Waals surface area contributed by atoms with Gasteiger partial charge in [0.25, 0.3) is 5.91 Å². The number of carbonyl (C=O) groups excluding carboxylic acids is 3. The summed E-state index contributed by atoms with van der Waals surface area (Å²) in [6, 6.07) is 5.52. The zero-order valence-corrected chi connectivity index (χ0v) is 25.0. The van der Waals surface area contributed by atoms with Crippen molar-refractivity contribution in [1.29, 1.82) is 0 Å². The Morgan fingerprint density at radius 3 is 2.61 bits per heavy atom. The van der Waals surface area contributed by atoms with Gasteiger partial charge in [-0.25, -0.2) is 14.2 Å². The van der Waals surface area contributed by atoms with Crippen LogP contribution in [0.1, 0.15) is 73.1 Å². The van der Waals surface area contributed by atoms with E-state index in [0.29, 0.717) is 41.2 Å². The molecular weight excluding hydrogens is 573 g/mol. The minimum atomic E-state index is -1.00. The smallest absolute Gasteiger partial charge is 0.481 e. The van der Waals surface area contributed by atoms with Crippen LogP contribution in [0.25, 0.3) is 0 Å². The number of carbonyl (C=O) groups is 3. The van der Waals surface area contributed by atoms with Crippen LogP contribution in [0.3, 0.4) is 0 Å². The Hall–Kier alpha value is -4.48. The summed E-state index contributed by atoms with van der Waals surface area (Å²) in [4.78, 5) is 57.5. The maximum absolute atomic E-state index is 15.2. The molecule has 2 aromatic heterocycles. The number of esters is 1. The number of nitrogens with zero attached hydrogens (tertiary/aromatic N) is 2. The fourth-order valence-corrected chi connectivity index (χ4v) is 6.58. The molecule has 1 aromatic carbocycles. The van der Waals surface area contributed by atoms with E-state index in [4.69, 9.17) is 18.3 Å². The molecule has 0 unspecified atom stereocenters. The molecule has 1 saturated carbocycles. The molecule has 232 valence electrons. The lowest BCUT2D eigenvalue weighted by Crippen LogP contribution is -2.50. The van der Waals surface area contributed by atoms with Gasteiger partial charge in [0.1, 0.15) is 11.9 Å². The molecule has 0 spiro atoms. The van der Waals surface area contributed by atoms with Crippen LogP contribution in [0.5, 0.6) is 5.88 Å². The van der Waals surface area contributed by atoms with Crippen molar-refractivity contribution >= 4 is 23.5 Å². The standard InChI is InChI=1S/C32H34FN3O8/c1-16-24(44-31(40)43-16)15-42-30(39)19-11-18(12-19)29(38)36-10-8-23-21(5-6-25(35-23)41-4)27(36)28(37)34-20-13-17-7-9-32(2,3)26(17)22(33)14-20/h5-6,13-14,18-19,27H,7-12,15H2,1-4H3,(H,34,37)/t18?,19?,27-/m1/s1. The molecule has 6 rings (SSSR count). The summed E-state index contributed by atoms with van der Waals surface area (Å²) in [7, 11) is 1.51. The quantitative estimate of drug-likeness (QED) is 0.392. The number of nitrogens with one attached hydrogen (secondary N) is 1. The Bertz CT molecular complexity index is 1700. The molecule has 1 aliphatic heterocycles. The van der Waals surface area contributed by atoms with Crippen molar-refractivity contribution in [2.45, 2.75) is 70.9 Å². The molecule has 0 bridgehead atoms. The number of hydrogen-bond donors (Lipinski definition) is 1. The first-order valence-electron chi connectivity index (χ1n) is 14.7. The molecule has 11 nitrogen and oxygen atoms in total. The summed E-state index contributed by atoms with van der Waals surface area (Å²) in [5.41, 5.74) is 2.81. The number of pyridine rings is 1. The third kappa shape index (κ3) is 5.37. The minimum Gasteiger partial charge on any atom is -0.481 e. The second kappa shape index (κ2) is 11.2. The maximum atomic E-state index is 15.2. The number of fused-ring (bicyclic) bond motifs is 2. The van der Waals surface area contributed by atoms with E-state index in [2.05, 4.69) is 10.3 Å². The van der Waals surface area contributed by atoms with Crippen molar-refractivity contribution < 1.29 is 37.1 Å². The van der Waals surface area contributed by atoms with Gasteiger partial charge >= 0.3 is 11.8 Å².